The molecule has 0 radical (unpaired) electrons. The Morgan fingerprint density at radius 1 is 1.40 bits per heavy atom. The Hall–Kier alpha value is -1.95. The molecule has 0 bridgehead atoms. The maximum atomic E-state index is 12.8. The lowest BCUT2D eigenvalue weighted by molar-refractivity contribution is 0.389. The largest absolute Gasteiger partial charge is 0.493 e. The smallest absolute Gasteiger partial charge is 0.310 e. The lowest BCUT2D eigenvalue weighted by atomic mass is 10.2. The summed E-state index contributed by atoms with van der Waals surface area (Å²) in [5.41, 5.74) is 0.557. The summed E-state index contributed by atoms with van der Waals surface area (Å²) >= 11 is 0.939. The lowest BCUT2D eigenvalue weighted by Gasteiger charge is -2.05. The Labute approximate surface area is 119 Å². The van der Waals surface area contributed by atoms with Crippen molar-refractivity contribution in [3.8, 4) is 5.88 Å². The molecule has 0 fully saturated rings. The third kappa shape index (κ3) is 3.33. The Balaban J connectivity index is 2.26. The highest BCUT2D eigenvalue weighted by molar-refractivity contribution is 7.11. The van der Waals surface area contributed by atoms with Gasteiger partial charge in [-0.15, -0.1) is 0 Å². The van der Waals surface area contributed by atoms with Crippen molar-refractivity contribution in [3.05, 3.63) is 44.6 Å². The van der Waals surface area contributed by atoms with Crippen LogP contribution in [0.3, 0.4) is 0 Å². The molecule has 0 aliphatic carbocycles. The van der Waals surface area contributed by atoms with Crippen LogP contribution in [0.15, 0.2) is 34.1 Å². The zero-order valence-corrected chi connectivity index (χ0v) is 12.0. The summed E-state index contributed by atoms with van der Waals surface area (Å²) in [5, 5.41) is 10.0. The predicted molar refractivity (Wildman–Crippen MR) is 78.7 cm³/mol. The van der Waals surface area contributed by atoms with E-state index in [-0.39, 0.29) is 22.5 Å². The summed E-state index contributed by atoms with van der Waals surface area (Å²) in [5.74, 6) is -0.144. The van der Waals surface area contributed by atoms with Gasteiger partial charge in [-0.1, -0.05) is 25.2 Å². The molecule has 0 saturated heterocycles. The van der Waals surface area contributed by atoms with Crippen LogP contribution in [0, 0.1) is 11.7 Å². The van der Waals surface area contributed by atoms with Crippen molar-refractivity contribution >= 4 is 23.2 Å². The van der Waals surface area contributed by atoms with Gasteiger partial charge in [0.15, 0.2) is 0 Å². The summed E-state index contributed by atoms with van der Waals surface area (Å²) in [6, 6.07) is 5.66. The number of hydrogen-bond donors (Lipinski definition) is 1. The van der Waals surface area contributed by atoms with Crippen molar-refractivity contribution in [1.29, 1.82) is 0 Å². The number of thiazole rings is 1. The molecule has 0 spiro atoms. The van der Waals surface area contributed by atoms with E-state index in [1.165, 1.54) is 35.0 Å². The summed E-state index contributed by atoms with van der Waals surface area (Å²) in [4.78, 5) is 16.1. The molecular weight excluding hydrogens is 279 g/mol. The molecule has 106 valence electrons. The summed E-state index contributed by atoms with van der Waals surface area (Å²) in [7, 11) is 0. The van der Waals surface area contributed by atoms with E-state index in [0.717, 1.165) is 11.3 Å². The van der Waals surface area contributed by atoms with E-state index in [9.17, 15) is 14.3 Å². The summed E-state index contributed by atoms with van der Waals surface area (Å²) in [6.45, 7) is 4.40. The second-order valence-electron chi connectivity index (χ2n) is 4.79. The van der Waals surface area contributed by atoms with Gasteiger partial charge < -0.3 is 5.11 Å². The maximum absolute atomic E-state index is 12.8. The van der Waals surface area contributed by atoms with Crippen molar-refractivity contribution in [3.63, 3.8) is 0 Å². The molecule has 0 aliphatic rings. The maximum Gasteiger partial charge on any atom is 0.310 e. The molecule has 20 heavy (non-hydrogen) atoms. The normalized spacial score (nSPS) is 11.6. The minimum absolute atomic E-state index is 0.0699. The number of aliphatic imine (C=N–C) groups is 1. The van der Waals surface area contributed by atoms with Gasteiger partial charge in [-0.25, -0.2) is 4.39 Å². The van der Waals surface area contributed by atoms with E-state index in [2.05, 4.69) is 4.99 Å². The molecule has 4 nitrogen and oxygen atoms in total. The van der Waals surface area contributed by atoms with Crippen LogP contribution in [-0.2, 0) is 6.54 Å². The van der Waals surface area contributed by atoms with Gasteiger partial charge in [-0.05, 0) is 30.2 Å². The molecule has 1 aromatic heterocycles. The van der Waals surface area contributed by atoms with Crippen molar-refractivity contribution in [1.82, 2.24) is 4.57 Å². The highest BCUT2D eigenvalue weighted by atomic mass is 32.1. The Morgan fingerprint density at radius 2 is 2.05 bits per heavy atom. The fourth-order valence-electron chi connectivity index (χ4n) is 1.68. The van der Waals surface area contributed by atoms with Gasteiger partial charge in [0.1, 0.15) is 10.7 Å². The highest BCUT2D eigenvalue weighted by Gasteiger charge is 2.13. The minimum Gasteiger partial charge on any atom is -0.493 e. The first kappa shape index (κ1) is 14.5. The van der Waals surface area contributed by atoms with Gasteiger partial charge in [0.25, 0.3) is 0 Å². The number of halogens is 1. The summed E-state index contributed by atoms with van der Waals surface area (Å²) < 4.78 is 14.1. The van der Waals surface area contributed by atoms with Crippen LogP contribution in [0.25, 0.3) is 0 Å². The number of aromatic hydroxyl groups is 1. The Bertz CT molecular complexity index is 671. The zero-order valence-electron chi connectivity index (χ0n) is 11.2. The van der Waals surface area contributed by atoms with Crippen LogP contribution in [0.5, 0.6) is 5.88 Å². The minimum atomic E-state index is -0.334. The molecule has 0 saturated carbocycles. The number of aromatic nitrogens is 1. The highest BCUT2D eigenvalue weighted by Crippen LogP contribution is 2.20. The molecule has 6 heteroatoms. The zero-order chi connectivity index (χ0) is 14.7. The fraction of sp³-hybridized carbons (Fsp3) is 0.286. The predicted octanol–water partition coefficient (Wildman–Crippen LogP) is 3.16. The van der Waals surface area contributed by atoms with Crippen molar-refractivity contribution in [2.75, 3.05) is 0 Å². The monoisotopic (exact) mass is 294 g/mol. The van der Waals surface area contributed by atoms with Crippen LogP contribution >= 0.6 is 11.3 Å². The first-order valence-corrected chi connectivity index (χ1v) is 7.01. The van der Waals surface area contributed by atoms with Crippen LogP contribution in [0.2, 0.25) is 0 Å². The van der Waals surface area contributed by atoms with Gasteiger partial charge in [-0.2, -0.15) is 0 Å². The molecule has 1 N–H and O–H groups in total. The third-order valence-corrected chi connectivity index (χ3v) is 3.50. The molecule has 1 aromatic carbocycles. The second kappa shape index (κ2) is 6.00. The standard InChI is InChI=1S/C14H15FN2O2S/c1-9(2)8-17-13(18)12(20-14(17)19)7-16-11-5-3-10(15)4-6-11/h3-7,9,18H,8H2,1-2H3. The van der Waals surface area contributed by atoms with Crippen LogP contribution < -0.4 is 4.87 Å². The quantitative estimate of drug-likeness (QED) is 0.881. The molecule has 2 aromatic rings. The van der Waals surface area contributed by atoms with Crippen molar-refractivity contribution in [2.24, 2.45) is 10.9 Å². The van der Waals surface area contributed by atoms with Crippen LogP contribution in [0.4, 0.5) is 10.1 Å². The molecule has 2 rings (SSSR count). The third-order valence-electron chi connectivity index (χ3n) is 2.60. The second-order valence-corrected chi connectivity index (χ2v) is 5.79. The molecule has 0 unspecified atom stereocenters. The SMILES string of the molecule is CC(C)Cn1c(O)c(C=Nc2ccc(F)cc2)sc1=O. The van der Waals surface area contributed by atoms with E-state index in [1.54, 1.807) is 0 Å². The van der Waals surface area contributed by atoms with Gasteiger partial charge in [0, 0.05) is 6.54 Å². The number of benzene rings is 1. The molecule has 1 heterocycles. The molecule has 0 atom stereocenters. The van der Waals surface area contributed by atoms with E-state index < -0.39 is 0 Å². The molecular formula is C14H15FN2O2S. The topological polar surface area (TPSA) is 54.6 Å². The Kier molecular flexibility index (Phi) is 4.34. The average molecular weight is 294 g/mol. The average Bonchev–Trinajstić information content (AvgIpc) is 2.65. The molecule has 0 aliphatic heterocycles. The number of nitrogens with zero attached hydrogens (tertiary/aromatic N) is 2. The number of rotatable bonds is 4. The van der Waals surface area contributed by atoms with E-state index in [0.29, 0.717) is 17.1 Å². The van der Waals surface area contributed by atoms with E-state index in [4.69, 9.17) is 0 Å². The molecule has 0 amide bonds. The van der Waals surface area contributed by atoms with Crippen LogP contribution in [-0.4, -0.2) is 15.9 Å². The Morgan fingerprint density at radius 3 is 2.65 bits per heavy atom. The summed E-state index contributed by atoms with van der Waals surface area (Å²) in [6.07, 6.45) is 1.42. The van der Waals surface area contributed by atoms with E-state index in [1.807, 2.05) is 13.8 Å². The first-order chi connectivity index (χ1) is 9.47. The van der Waals surface area contributed by atoms with Crippen molar-refractivity contribution in [2.45, 2.75) is 20.4 Å². The van der Waals surface area contributed by atoms with Gasteiger partial charge in [0.2, 0.25) is 5.88 Å². The number of hydrogen-bond acceptors (Lipinski definition) is 4. The van der Waals surface area contributed by atoms with Gasteiger partial charge >= 0.3 is 4.87 Å². The van der Waals surface area contributed by atoms with Gasteiger partial charge in [0.05, 0.1) is 11.9 Å². The van der Waals surface area contributed by atoms with Crippen molar-refractivity contribution < 1.29 is 9.50 Å². The first-order valence-electron chi connectivity index (χ1n) is 6.19. The lowest BCUT2D eigenvalue weighted by Crippen LogP contribution is -2.15. The van der Waals surface area contributed by atoms with Gasteiger partial charge in [-0.3, -0.25) is 14.4 Å². The van der Waals surface area contributed by atoms with E-state index >= 15 is 0 Å². The van der Waals surface area contributed by atoms with Crippen LogP contribution in [0.1, 0.15) is 18.7 Å². The fourth-order valence-corrected chi connectivity index (χ4v) is 2.45.